The van der Waals surface area contributed by atoms with Crippen LogP contribution in [0.5, 0.6) is 0 Å². The molecular formula is C20H24N2O2. The molecule has 0 spiro atoms. The van der Waals surface area contributed by atoms with E-state index in [1.807, 2.05) is 60.7 Å². The lowest BCUT2D eigenvalue weighted by molar-refractivity contribution is -0.126. The molecule has 0 aliphatic carbocycles. The fourth-order valence-corrected chi connectivity index (χ4v) is 2.56. The smallest absolute Gasteiger partial charge is 0.239 e. The first-order valence-electron chi connectivity index (χ1n) is 8.34. The Balaban J connectivity index is 1.81. The zero-order valence-corrected chi connectivity index (χ0v) is 14.0. The van der Waals surface area contributed by atoms with Gasteiger partial charge < -0.3 is 10.6 Å². The summed E-state index contributed by atoms with van der Waals surface area (Å²) in [5, 5.41) is 5.68. The Labute approximate surface area is 143 Å². The van der Waals surface area contributed by atoms with Crippen LogP contribution >= 0.6 is 0 Å². The van der Waals surface area contributed by atoms with Crippen LogP contribution in [-0.4, -0.2) is 18.4 Å². The highest BCUT2D eigenvalue weighted by Gasteiger charge is 2.14. The molecule has 0 bridgehead atoms. The van der Waals surface area contributed by atoms with Gasteiger partial charge in [0.25, 0.3) is 0 Å². The maximum Gasteiger partial charge on any atom is 0.239 e. The third kappa shape index (κ3) is 5.88. The number of carbonyl (C=O) groups is 2. The van der Waals surface area contributed by atoms with E-state index in [1.54, 1.807) is 0 Å². The van der Waals surface area contributed by atoms with Gasteiger partial charge in [-0.1, -0.05) is 74.0 Å². The Kier molecular flexibility index (Phi) is 7.02. The van der Waals surface area contributed by atoms with Crippen LogP contribution in [0.15, 0.2) is 60.7 Å². The van der Waals surface area contributed by atoms with E-state index < -0.39 is 0 Å². The van der Waals surface area contributed by atoms with Crippen LogP contribution in [0.25, 0.3) is 0 Å². The molecule has 1 unspecified atom stereocenters. The number of amides is 2. The molecule has 2 aromatic rings. The molecule has 126 valence electrons. The van der Waals surface area contributed by atoms with E-state index in [0.717, 1.165) is 24.0 Å². The summed E-state index contributed by atoms with van der Waals surface area (Å²) >= 11 is 0. The summed E-state index contributed by atoms with van der Waals surface area (Å²) in [5.41, 5.74) is 2.02. The first-order chi connectivity index (χ1) is 11.7. The molecule has 2 rings (SSSR count). The van der Waals surface area contributed by atoms with Gasteiger partial charge in [-0.05, 0) is 17.5 Å². The highest BCUT2D eigenvalue weighted by atomic mass is 16.2. The Hall–Kier alpha value is -2.62. The summed E-state index contributed by atoms with van der Waals surface area (Å²) in [4.78, 5) is 24.0. The van der Waals surface area contributed by atoms with Gasteiger partial charge in [0.1, 0.15) is 0 Å². The summed E-state index contributed by atoms with van der Waals surface area (Å²) in [6.45, 7) is 2.09. The van der Waals surface area contributed by atoms with Crippen molar-refractivity contribution in [3.8, 4) is 0 Å². The molecule has 0 saturated carbocycles. The lowest BCUT2D eigenvalue weighted by atomic mass is 10.0. The molecule has 24 heavy (non-hydrogen) atoms. The van der Waals surface area contributed by atoms with Crippen molar-refractivity contribution in [2.45, 2.75) is 32.2 Å². The molecule has 0 radical (unpaired) electrons. The third-order valence-corrected chi connectivity index (χ3v) is 3.77. The normalized spacial score (nSPS) is 11.5. The fraction of sp³-hybridized carbons (Fsp3) is 0.300. The highest BCUT2D eigenvalue weighted by molar-refractivity contribution is 5.85. The maximum absolute atomic E-state index is 12.1. The molecule has 4 nitrogen and oxygen atoms in total. The quantitative estimate of drug-likeness (QED) is 0.784. The number of nitrogens with one attached hydrogen (secondary N) is 2. The summed E-state index contributed by atoms with van der Waals surface area (Å²) in [6, 6.07) is 19.4. The van der Waals surface area contributed by atoms with Crippen molar-refractivity contribution >= 4 is 11.8 Å². The van der Waals surface area contributed by atoms with Crippen LogP contribution in [0.3, 0.4) is 0 Å². The van der Waals surface area contributed by atoms with Crippen LogP contribution < -0.4 is 10.6 Å². The Morgan fingerprint density at radius 3 is 2.17 bits per heavy atom. The summed E-state index contributed by atoms with van der Waals surface area (Å²) in [5.74, 6) is -0.318. The molecule has 0 aliphatic rings. The van der Waals surface area contributed by atoms with Gasteiger partial charge in [-0.15, -0.1) is 0 Å². The second kappa shape index (κ2) is 9.50. The molecule has 0 fully saturated rings. The van der Waals surface area contributed by atoms with Crippen molar-refractivity contribution in [2.75, 3.05) is 6.54 Å². The maximum atomic E-state index is 12.1. The number of hydrogen-bond acceptors (Lipinski definition) is 2. The monoisotopic (exact) mass is 324 g/mol. The van der Waals surface area contributed by atoms with Crippen LogP contribution in [-0.2, 0) is 16.0 Å². The predicted molar refractivity (Wildman–Crippen MR) is 95.4 cm³/mol. The lowest BCUT2D eigenvalue weighted by Crippen LogP contribution is -2.39. The molecule has 2 N–H and O–H groups in total. The summed E-state index contributed by atoms with van der Waals surface area (Å²) in [7, 11) is 0. The van der Waals surface area contributed by atoms with E-state index in [2.05, 4.69) is 17.6 Å². The minimum atomic E-state index is -0.168. The van der Waals surface area contributed by atoms with Gasteiger partial charge in [0, 0.05) is 0 Å². The van der Waals surface area contributed by atoms with Crippen molar-refractivity contribution in [3.05, 3.63) is 71.8 Å². The van der Waals surface area contributed by atoms with Crippen LogP contribution in [0, 0.1) is 0 Å². The zero-order chi connectivity index (χ0) is 17.2. The van der Waals surface area contributed by atoms with Crippen molar-refractivity contribution in [3.63, 3.8) is 0 Å². The molecule has 4 heteroatoms. The summed E-state index contributed by atoms with van der Waals surface area (Å²) < 4.78 is 0. The number of benzene rings is 2. The number of carbonyl (C=O) groups excluding carboxylic acids is 2. The summed E-state index contributed by atoms with van der Waals surface area (Å²) in [6.07, 6.45) is 2.12. The molecule has 2 aromatic carbocycles. The predicted octanol–water partition coefficient (Wildman–Crippen LogP) is 3.00. The van der Waals surface area contributed by atoms with Gasteiger partial charge in [0.05, 0.1) is 19.0 Å². The van der Waals surface area contributed by atoms with Gasteiger partial charge >= 0.3 is 0 Å². The highest BCUT2D eigenvalue weighted by Crippen LogP contribution is 2.17. The SMILES string of the molecule is CCCC(NC(=O)CNC(=O)Cc1ccccc1)c1ccccc1. The average molecular weight is 324 g/mol. The molecule has 0 aromatic heterocycles. The lowest BCUT2D eigenvalue weighted by Gasteiger charge is -2.18. The second-order valence-electron chi connectivity index (χ2n) is 5.76. The van der Waals surface area contributed by atoms with Gasteiger partial charge in [-0.2, -0.15) is 0 Å². The van der Waals surface area contributed by atoms with Gasteiger partial charge in [-0.25, -0.2) is 0 Å². The van der Waals surface area contributed by atoms with Crippen molar-refractivity contribution in [1.29, 1.82) is 0 Å². The van der Waals surface area contributed by atoms with E-state index >= 15 is 0 Å². The standard InChI is InChI=1S/C20H24N2O2/c1-2-9-18(17-12-7-4-8-13-17)22-20(24)15-21-19(23)14-16-10-5-3-6-11-16/h3-8,10-13,18H,2,9,14-15H2,1H3,(H,21,23)(H,22,24). The topological polar surface area (TPSA) is 58.2 Å². The first kappa shape index (κ1) is 17.7. The molecule has 1 atom stereocenters. The Bertz CT molecular complexity index is 641. The van der Waals surface area contributed by atoms with Gasteiger partial charge in [0.2, 0.25) is 11.8 Å². The largest absolute Gasteiger partial charge is 0.348 e. The van der Waals surface area contributed by atoms with Crippen LogP contribution in [0.2, 0.25) is 0 Å². The fourth-order valence-electron chi connectivity index (χ4n) is 2.56. The second-order valence-corrected chi connectivity index (χ2v) is 5.76. The van der Waals surface area contributed by atoms with Crippen LogP contribution in [0.1, 0.15) is 36.9 Å². The molecular weight excluding hydrogens is 300 g/mol. The third-order valence-electron chi connectivity index (χ3n) is 3.77. The van der Waals surface area contributed by atoms with Crippen molar-refractivity contribution in [1.82, 2.24) is 10.6 Å². The van der Waals surface area contributed by atoms with E-state index in [0.29, 0.717) is 0 Å². The molecule has 0 aliphatic heterocycles. The Morgan fingerprint density at radius 1 is 0.917 bits per heavy atom. The Morgan fingerprint density at radius 2 is 1.54 bits per heavy atom. The number of rotatable bonds is 8. The van der Waals surface area contributed by atoms with E-state index in [4.69, 9.17) is 0 Å². The molecule has 2 amide bonds. The molecule has 0 saturated heterocycles. The van der Waals surface area contributed by atoms with E-state index in [1.165, 1.54) is 0 Å². The average Bonchev–Trinajstić information content (AvgIpc) is 2.61. The van der Waals surface area contributed by atoms with Crippen LogP contribution in [0.4, 0.5) is 0 Å². The minimum absolute atomic E-state index is 0.00128. The van der Waals surface area contributed by atoms with Crippen molar-refractivity contribution in [2.24, 2.45) is 0 Å². The first-order valence-corrected chi connectivity index (χ1v) is 8.34. The van der Waals surface area contributed by atoms with Gasteiger partial charge in [0.15, 0.2) is 0 Å². The molecule has 0 heterocycles. The van der Waals surface area contributed by atoms with Crippen molar-refractivity contribution < 1.29 is 9.59 Å². The number of hydrogen-bond donors (Lipinski definition) is 2. The van der Waals surface area contributed by atoms with E-state index in [-0.39, 0.29) is 30.8 Å². The van der Waals surface area contributed by atoms with Gasteiger partial charge in [-0.3, -0.25) is 9.59 Å². The van der Waals surface area contributed by atoms with E-state index in [9.17, 15) is 9.59 Å². The zero-order valence-electron chi connectivity index (χ0n) is 14.0. The minimum Gasteiger partial charge on any atom is -0.348 e.